The van der Waals surface area contributed by atoms with Crippen LogP contribution in [0.25, 0.3) is 0 Å². The first kappa shape index (κ1) is 14.8. The Bertz CT molecular complexity index is 393. The molecule has 0 atom stereocenters. The predicted octanol–water partition coefficient (Wildman–Crippen LogP) is 3.33. The minimum atomic E-state index is 0.0905. The van der Waals surface area contributed by atoms with Crippen molar-refractivity contribution in [2.75, 3.05) is 13.2 Å². The Morgan fingerprint density at radius 1 is 1.44 bits per heavy atom. The lowest BCUT2D eigenvalue weighted by atomic mass is 10.2. The third-order valence-electron chi connectivity index (χ3n) is 2.52. The van der Waals surface area contributed by atoms with E-state index >= 15 is 0 Å². The first-order chi connectivity index (χ1) is 8.63. The van der Waals surface area contributed by atoms with Crippen LogP contribution in [0.3, 0.4) is 0 Å². The molecule has 100 valence electrons. The Kier molecular flexibility index (Phi) is 6.58. The Hall–Kier alpha value is -1.22. The Labute approximate surface area is 113 Å². The van der Waals surface area contributed by atoms with E-state index in [0.29, 0.717) is 13.0 Å². The van der Waals surface area contributed by atoms with Gasteiger partial charge in [0.05, 0.1) is 6.61 Å². The summed E-state index contributed by atoms with van der Waals surface area (Å²) in [6, 6.07) is 5.56. The lowest BCUT2D eigenvalue weighted by Gasteiger charge is -2.08. The highest BCUT2D eigenvalue weighted by Crippen LogP contribution is 2.21. The number of rotatable bonds is 7. The second-order valence-corrected chi connectivity index (χ2v) is 4.62. The van der Waals surface area contributed by atoms with Crippen molar-refractivity contribution in [1.29, 1.82) is 0 Å². The summed E-state index contributed by atoms with van der Waals surface area (Å²) in [5.41, 5.74) is 0.995. The van der Waals surface area contributed by atoms with Crippen molar-refractivity contribution in [3.63, 3.8) is 0 Å². The van der Waals surface area contributed by atoms with Gasteiger partial charge in [-0.3, -0.25) is 4.79 Å². The van der Waals surface area contributed by atoms with Crippen LogP contribution in [0.1, 0.15) is 31.7 Å². The zero-order valence-corrected chi connectivity index (χ0v) is 11.7. The molecular weight excluding hydrogens is 250 g/mol. The first-order valence-electron chi connectivity index (χ1n) is 6.29. The molecule has 0 spiro atoms. The number of ether oxygens (including phenoxy) is 1. The maximum atomic E-state index is 11.3. The Morgan fingerprint density at radius 3 is 2.89 bits per heavy atom. The molecule has 0 aliphatic heterocycles. The van der Waals surface area contributed by atoms with E-state index in [4.69, 9.17) is 16.3 Å². The maximum absolute atomic E-state index is 11.3. The summed E-state index contributed by atoms with van der Waals surface area (Å²) < 4.78 is 5.56. The van der Waals surface area contributed by atoms with Crippen LogP contribution in [0.4, 0.5) is 0 Å². The topological polar surface area (TPSA) is 38.3 Å². The van der Waals surface area contributed by atoms with Gasteiger partial charge in [-0.05, 0) is 43.5 Å². The molecule has 0 aromatic heterocycles. The van der Waals surface area contributed by atoms with E-state index in [1.54, 1.807) is 0 Å². The fourth-order valence-corrected chi connectivity index (χ4v) is 1.60. The molecule has 1 aromatic rings. The smallest absolute Gasteiger partial charge is 0.220 e. The molecule has 0 fully saturated rings. The fourth-order valence-electron chi connectivity index (χ4n) is 1.48. The van der Waals surface area contributed by atoms with E-state index in [1.165, 1.54) is 0 Å². The van der Waals surface area contributed by atoms with E-state index in [-0.39, 0.29) is 5.91 Å². The van der Waals surface area contributed by atoms with Crippen molar-refractivity contribution >= 4 is 17.5 Å². The van der Waals surface area contributed by atoms with Crippen molar-refractivity contribution in [2.45, 2.75) is 33.1 Å². The second-order valence-electron chi connectivity index (χ2n) is 4.21. The number of nitrogens with one attached hydrogen (secondary N) is 1. The minimum Gasteiger partial charge on any atom is -0.494 e. The molecule has 0 heterocycles. The van der Waals surface area contributed by atoms with Crippen molar-refractivity contribution < 1.29 is 9.53 Å². The molecule has 0 saturated carbocycles. The summed E-state index contributed by atoms with van der Waals surface area (Å²) in [5.74, 6) is 0.888. The molecule has 1 rings (SSSR count). The minimum absolute atomic E-state index is 0.0905. The number of hydrogen-bond donors (Lipinski definition) is 1. The van der Waals surface area contributed by atoms with Crippen LogP contribution >= 0.6 is 11.6 Å². The average molecular weight is 270 g/mol. The number of carbonyl (C=O) groups excluding carboxylic acids is 1. The summed E-state index contributed by atoms with van der Waals surface area (Å²) >= 11 is 5.92. The summed E-state index contributed by atoms with van der Waals surface area (Å²) in [5, 5.41) is 3.57. The van der Waals surface area contributed by atoms with Gasteiger partial charge in [-0.2, -0.15) is 0 Å². The van der Waals surface area contributed by atoms with E-state index < -0.39 is 0 Å². The van der Waals surface area contributed by atoms with Gasteiger partial charge in [0.15, 0.2) is 0 Å². The number of halogens is 1. The highest BCUT2D eigenvalue weighted by Gasteiger charge is 2.01. The summed E-state index contributed by atoms with van der Waals surface area (Å²) in [4.78, 5) is 11.3. The second kappa shape index (κ2) is 7.98. The molecule has 1 aromatic carbocycles. The van der Waals surface area contributed by atoms with Gasteiger partial charge < -0.3 is 10.1 Å². The standard InChI is InChI=1S/C14H20ClNO2/c1-3-8-16-14(17)5-4-9-18-12-6-7-13(15)11(2)10-12/h6-7,10H,3-5,8-9H2,1-2H3,(H,16,17). The van der Waals surface area contributed by atoms with Crippen LogP contribution in [-0.4, -0.2) is 19.1 Å². The molecule has 1 amide bonds. The van der Waals surface area contributed by atoms with Gasteiger partial charge in [-0.25, -0.2) is 0 Å². The van der Waals surface area contributed by atoms with Crippen LogP contribution in [0, 0.1) is 6.92 Å². The number of benzene rings is 1. The largest absolute Gasteiger partial charge is 0.494 e. The third-order valence-corrected chi connectivity index (χ3v) is 2.94. The molecule has 1 N–H and O–H groups in total. The molecule has 0 aliphatic carbocycles. The molecule has 3 nitrogen and oxygen atoms in total. The lowest BCUT2D eigenvalue weighted by Crippen LogP contribution is -2.24. The van der Waals surface area contributed by atoms with Gasteiger partial charge in [0.2, 0.25) is 5.91 Å². The van der Waals surface area contributed by atoms with E-state index in [2.05, 4.69) is 5.32 Å². The van der Waals surface area contributed by atoms with Crippen LogP contribution in [0.2, 0.25) is 5.02 Å². The van der Waals surface area contributed by atoms with Gasteiger partial charge in [0.25, 0.3) is 0 Å². The van der Waals surface area contributed by atoms with Crippen LogP contribution in [0.15, 0.2) is 18.2 Å². The number of hydrogen-bond acceptors (Lipinski definition) is 2. The predicted molar refractivity (Wildman–Crippen MR) is 74.2 cm³/mol. The normalized spacial score (nSPS) is 10.2. The quantitative estimate of drug-likeness (QED) is 0.771. The molecular formula is C14H20ClNO2. The number of carbonyl (C=O) groups is 1. The molecule has 0 saturated heterocycles. The van der Waals surface area contributed by atoms with Crippen molar-refractivity contribution in [2.24, 2.45) is 0 Å². The van der Waals surface area contributed by atoms with Gasteiger partial charge in [0.1, 0.15) is 5.75 Å². The molecule has 18 heavy (non-hydrogen) atoms. The monoisotopic (exact) mass is 269 g/mol. The maximum Gasteiger partial charge on any atom is 0.220 e. The fraction of sp³-hybridized carbons (Fsp3) is 0.500. The van der Waals surface area contributed by atoms with Gasteiger partial charge in [-0.1, -0.05) is 18.5 Å². The third kappa shape index (κ3) is 5.41. The van der Waals surface area contributed by atoms with E-state index in [9.17, 15) is 4.79 Å². The zero-order valence-electron chi connectivity index (χ0n) is 11.0. The summed E-state index contributed by atoms with van der Waals surface area (Å²) in [6.07, 6.45) is 2.19. The SMILES string of the molecule is CCCNC(=O)CCCOc1ccc(Cl)c(C)c1. The van der Waals surface area contributed by atoms with Crippen LogP contribution in [0.5, 0.6) is 5.75 Å². The van der Waals surface area contributed by atoms with Gasteiger partial charge in [0, 0.05) is 18.0 Å². The van der Waals surface area contributed by atoms with E-state index in [0.717, 1.165) is 35.7 Å². The van der Waals surface area contributed by atoms with Crippen LogP contribution in [-0.2, 0) is 4.79 Å². The van der Waals surface area contributed by atoms with Crippen molar-refractivity contribution in [3.05, 3.63) is 28.8 Å². The Morgan fingerprint density at radius 2 is 2.22 bits per heavy atom. The molecule has 4 heteroatoms. The first-order valence-corrected chi connectivity index (χ1v) is 6.67. The molecule has 0 bridgehead atoms. The van der Waals surface area contributed by atoms with Gasteiger partial charge >= 0.3 is 0 Å². The van der Waals surface area contributed by atoms with Crippen molar-refractivity contribution in [1.82, 2.24) is 5.32 Å². The van der Waals surface area contributed by atoms with Gasteiger partial charge in [-0.15, -0.1) is 0 Å². The highest BCUT2D eigenvalue weighted by atomic mass is 35.5. The lowest BCUT2D eigenvalue weighted by molar-refractivity contribution is -0.121. The van der Waals surface area contributed by atoms with Crippen LogP contribution < -0.4 is 10.1 Å². The molecule has 0 aliphatic rings. The zero-order chi connectivity index (χ0) is 13.4. The molecule has 0 radical (unpaired) electrons. The molecule has 0 unspecified atom stereocenters. The summed E-state index contributed by atoms with van der Waals surface area (Å²) in [6.45, 7) is 5.26. The summed E-state index contributed by atoms with van der Waals surface area (Å²) in [7, 11) is 0. The highest BCUT2D eigenvalue weighted by molar-refractivity contribution is 6.31. The number of amides is 1. The average Bonchev–Trinajstić information content (AvgIpc) is 2.36. The Balaban J connectivity index is 2.21. The number of aryl methyl sites for hydroxylation is 1. The van der Waals surface area contributed by atoms with Crippen molar-refractivity contribution in [3.8, 4) is 5.75 Å². The van der Waals surface area contributed by atoms with E-state index in [1.807, 2.05) is 32.0 Å².